The number of carbonyl (C=O) groups excluding carboxylic acids is 1. The fourth-order valence-corrected chi connectivity index (χ4v) is 2.27. The summed E-state index contributed by atoms with van der Waals surface area (Å²) in [7, 11) is 0. The van der Waals surface area contributed by atoms with E-state index in [0.29, 0.717) is 0 Å². The Kier molecular flexibility index (Phi) is 6.22. The minimum absolute atomic E-state index is 0.0506. The molecule has 0 saturated carbocycles. The molecule has 100 valence electrons. The van der Waals surface area contributed by atoms with Gasteiger partial charge in [0.15, 0.2) is 0 Å². The Bertz CT molecular complexity index is 378. The molecule has 18 heavy (non-hydrogen) atoms. The zero-order valence-corrected chi connectivity index (χ0v) is 12.0. The molecule has 1 amide bonds. The van der Waals surface area contributed by atoms with Gasteiger partial charge in [0.05, 0.1) is 11.9 Å². The fourth-order valence-electron chi connectivity index (χ4n) is 1.39. The summed E-state index contributed by atoms with van der Waals surface area (Å²) >= 11 is 1.53. The first-order valence-corrected chi connectivity index (χ1v) is 7.11. The van der Waals surface area contributed by atoms with Crippen molar-refractivity contribution in [3.63, 3.8) is 0 Å². The maximum Gasteiger partial charge on any atom is 0.233 e. The molecule has 0 saturated heterocycles. The molecule has 0 heterocycles. The predicted octanol–water partition coefficient (Wildman–Crippen LogP) is 2.57. The molecule has 1 rings (SSSR count). The predicted molar refractivity (Wildman–Crippen MR) is 75.6 cm³/mol. The number of thioether (sulfide) groups is 1. The minimum Gasteiger partial charge on any atom is -0.392 e. The van der Waals surface area contributed by atoms with E-state index in [9.17, 15) is 4.79 Å². The van der Waals surface area contributed by atoms with Crippen molar-refractivity contribution in [3.8, 4) is 0 Å². The summed E-state index contributed by atoms with van der Waals surface area (Å²) in [6.45, 7) is 6.01. The van der Waals surface area contributed by atoms with Crippen LogP contribution in [0.3, 0.4) is 0 Å². The van der Waals surface area contributed by atoms with Crippen molar-refractivity contribution < 1.29 is 9.90 Å². The van der Waals surface area contributed by atoms with Gasteiger partial charge in [0.25, 0.3) is 0 Å². The van der Waals surface area contributed by atoms with E-state index in [1.54, 1.807) is 0 Å². The van der Waals surface area contributed by atoms with Crippen LogP contribution in [0.4, 0.5) is 0 Å². The number of benzene rings is 1. The van der Waals surface area contributed by atoms with Crippen LogP contribution in [0.25, 0.3) is 0 Å². The maximum absolute atomic E-state index is 11.9. The first-order chi connectivity index (χ1) is 8.56. The lowest BCUT2D eigenvalue weighted by atomic mass is 10.2. The van der Waals surface area contributed by atoms with E-state index in [1.165, 1.54) is 11.8 Å². The molecule has 2 atom stereocenters. The Morgan fingerprint density at radius 2 is 1.94 bits per heavy atom. The van der Waals surface area contributed by atoms with Crippen molar-refractivity contribution in [1.82, 2.24) is 5.32 Å². The number of hydrogen-bond donors (Lipinski definition) is 2. The van der Waals surface area contributed by atoms with E-state index in [0.717, 1.165) is 16.9 Å². The van der Waals surface area contributed by atoms with Crippen LogP contribution in [0, 0.1) is 0 Å². The molecule has 1 aromatic rings. The van der Waals surface area contributed by atoms with E-state index < -0.39 is 0 Å². The van der Waals surface area contributed by atoms with Crippen molar-refractivity contribution in [2.75, 3.05) is 0 Å². The average Bonchev–Trinajstić information content (AvgIpc) is 2.39. The largest absolute Gasteiger partial charge is 0.392 e. The van der Waals surface area contributed by atoms with Gasteiger partial charge < -0.3 is 10.4 Å². The van der Waals surface area contributed by atoms with Gasteiger partial charge >= 0.3 is 0 Å². The summed E-state index contributed by atoms with van der Waals surface area (Å²) in [5, 5.41) is 11.8. The van der Waals surface area contributed by atoms with Gasteiger partial charge in [0, 0.05) is 10.9 Å². The normalized spacial score (nSPS) is 14.0. The van der Waals surface area contributed by atoms with Gasteiger partial charge in [-0.3, -0.25) is 4.79 Å². The Hall–Kier alpha value is -1.00. The molecule has 0 spiro atoms. The van der Waals surface area contributed by atoms with Crippen LogP contribution in [0.1, 0.15) is 32.8 Å². The van der Waals surface area contributed by atoms with E-state index in [4.69, 9.17) is 5.11 Å². The van der Waals surface area contributed by atoms with Crippen LogP contribution in [0.2, 0.25) is 0 Å². The highest BCUT2D eigenvalue weighted by atomic mass is 32.2. The lowest BCUT2D eigenvalue weighted by Gasteiger charge is -2.16. The molecule has 1 aromatic carbocycles. The second kappa shape index (κ2) is 7.44. The van der Waals surface area contributed by atoms with Crippen LogP contribution in [0.15, 0.2) is 29.2 Å². The molecule has 0 fully saturated rings. The van der Waals surface area contributed by atoms with Crippen molar-refractivity contribution >= 4 is 17.7 Å². The monoisotopic (exact) mass is 267 g/mol. The van der Waals surface area contributed by atoms with Gasteiger partial charge in [-0.1, -0.05) is 19.1 Å². The molecule has 0 aliphatic heterocycles. The van der Waals surface area contributed by atoms with Crippen LogP contribution in [-0.2, 0) is 11.4 Å². The van der Waals surface area contributed by atoms with Gasteiger partial charge in [-0.15, -0.1) is 11.8 Å². The zero-order chi connectivity index (χ0) is 13.5. The first-order valence-electron chi connectivity index (χ1n) is 6.23. The molecule has 0 aromatic heterocycles. The number of carbonyl (C=O) groups is 1. The van der Waals surface area contributed by atoms with Gasteiger partial charge in [0.1, 0.15) is 0 Å². The molecule has 0 radical (unpaired) electrons. The first kappa shape index (κ1) is 15.1. The molecule has 2 unspecified atom stereocenters. The Morgan fingerprint density at radius 3 is 2.44 bits per heavy atom. The number of aliphatic hydroxyl groups is 1. The number of aliphatic hydroxyl groups excluding tert-OH is 1. The topological polar surface area (TPSA) is 49.3 Å². The Labute approximate surface area is 113 Å². The van der Waals surface area contributed by atoms with E-state index >= 15 is 0 Å². The van der Waals surface area contributed by atoms with Gasteiger partial charge in [-0.2, -0.15) is 0 Å². The van der Waals surface area contributed by atoms with Crippen molar-refractivity contribution in [2.24, 2.45) is 0 Å². The highest BCUT2D eigenvalue weighted by Gasteiger charge is 2.15. The molecule has 2 N–H and O–H groups in total. The highest BCUT2D eigenvalue weighted by molar-refractivity contribution is 8.00. The third-order valence-electron chi connectivity index (χ3n) is 2.79. The van der Waals surface area contributed by atoms with Crippen molar-refractivity contribution in [2.45, 2.75) is 50.0 Å². The van der Waals surface area contributed by atoms with Crippen molar-refractivity contribution in [3.05, 3.63) is 29.8 Å². The standard InChI is InChI=1S/C14H21NO2S/c1-4-10(2)15-14(17)11(3)18-13-7-5-12(9-16)6-8-13/h5-8,10-11,16H,4,9H2,1-3H3,(H,15,17). The summed E-state index contributed by atoms with van der Waals surface area (Å²) in [5.74, 6) is 0.0700. The average molecular weight is 267 g/mol. The third kappa shape index (κ3) is 4.70. The number of hydrogen-bond acceptors (Lipinski definition) is 3. The van der Waals surface area contributed by atoms with Crippen LogP contribution in [0.5, 0.6) is 0 Å². The third-order valence-corrected chi connectivity index (χ3v) is 3.90. The summed E-state index contributed by atoms with van der Waals surface area (Å²) in [5.41, 5.74) is 0.885. The molecule has 4 heteroatoms. The smallest absolute Gasteiger partial charge is 0.233 e. The van der Waals surface area contributed by atoms with Gasteiger partial charge in [-0.05, 0) is 38.0 Å². The maximum atomic E-state index is 11.9. The molecule has 0 aliphatic carbocycles. The Morgan fingerprint density at radius 1 is 1.33 bits per heavy atom. The lowest BCUT2D eigenvalue weighted by Crippen LogP contribution is -2.37. The molecule has 3 nitrogen and oxygen atoms in total. The highest BCUT2D eigenvalue weighted by Crippen LogP contribution is 2.23. The summed E-state index contributed by atoms with van der Waals surface area (Å²) in [4.78, 5) is 12.9. The minimum atomic E-state index is -0.112. The van der Waals surface area contributed by atoms with Crippen LogP contribution >= 0.6 is 11.8 Å². The zero-order valence-electron chi connectivity index (χ0n) is 11.1. The summed E-state index contributed by atoms with van der Waals surface area (Å²) in [6.07, 6.45) is 0.939. The van der Waals surface area contributed by atoms with Gasteiger partial charge in [-0.25, -0.2) is 0 Å². The van der Waals surface area contributed by atoms with E-state index in [1.807, 2.05) is 38.1 Å². The number of nitrogens with one attached hydrogen (secondary N) is 1. The molecule has 0 bridgehead atoms. The SMILES string of the molecule is CCC(C)NC(=O)C(C)Sc1ccc(CO)cc1. The fraction of sp³-hybridized carbons (Fsp3) is 0.500. The van der Waals surface area contributed by atoms with E-state index in [2.05, 4.69) is 12.2 Å². The Balaban J connectivity index is 2.52. The molecular formula is C14H21NO2S. The van der Waals surface area contributed by atoms with Crippen molar-refractivity contribution in [1.29, 1.82) is 0 Å². The quantitative estimate of drug-likeness (QED) is 0.779. The number of amides is 1. The lowest BCUT2D eigenvalue weighted by molar-refractivity contribution is -0.120. The summed E-state index contributed by atoms with van der Waals surface area (Å²) < 4.78 is 0. The molecule has 0 aliphatic rings. The second-order valence-corrected chi connectivity index (χ2v) is 5.79. The van der Waals surface area contributed by atoms with Gasteiger partial charge in [0.2, 0.25) is 5.91 Å². The molecular weight excluding hydrogens is 246 g/mol. The van der Waals surface area contributed by atoms with E-state index in [-0.39, 0.29) is 23.8 Å². The van der Waals surface area contributed by atoms with Crippen LogP contribution < -0.4 is 5.32 Å². The van der Waals surface area contributed by atoms with Crippen LogP contribution in [-0.4, -0.2) is 22.3 Å². The second-order valence-electron chi connectivity index (χ2n) is 4.38. The summed E-state index contributed by atoms with van der Waals surface area (Å²) in [6, 6.07) is 7.84. The number of rotatable bonds is 6.